The highest BCUT2D eigenvalue weighted by Gasteiger charge is 2.48. The number of carbonyl (C=O) groups is 3. The standard InChI is InChI=1S/C27H28ClFN6O5S/c1-40-26(38)21-20(31-23(24-30-4-7-41-24)32-22(21)18-3-2-15(29)10-19(18)28)13-33-5-6-34-17(11-33)12-35(27(34)39)16-8-14(9-16)25(36)37/h2-4,7,10,14,16-17,22H,5-6,8-9,11-13H2,1H3,(H,31,32)(H,36,37)/t14?,16?,17-,22+/m1/s1. The fourth-order valence-electron chi connectivity index (χ4n) is 5.98. The Morgan fingerprint density at radius 3 is 2.71 bits per heavy atom. The van der Waals surface area contributed by atoms with Crippen LogP contribution in [0.15, 0.2) is 46.0 Å². The molecule has 0 unspecified atom stereocenters. The molecule has 0 radical (unpaired) electrons. The number of carboxylic acid groups (broad SMARTS) is 1. The number of hydrogen-bond acceptors (Lipinski definition) is 9. The van der Waals surface area contributed by atoms with Gasteiger partial charge in [0.2, 0.25) is 0 Å². The zero-order valence-electron chi connectivity index (χ0n) is 22.1. The third kappa shape index (κ3) is 5.17. The molecular weight excluding hydrogens is 575 g/mol. The number of halogens is 2. The molecule has 1 aliphatic carbocycles. The van der Waals surface area contributed by atoms with Gasteiger partial charge in [-0.3, -0.25) is 14.7 Å². The van der Waals surface area contributed by atoms with Crippen molar-refractivity contribution in [3.63, 3.8) is 0 Å². The number of esters is 1. The van der Waals surface area contributed by atoms with Gasteiger partial charge in [0.15, 0.2) is 10.8 Å². The number of aliphatic carboxylic acids is 1. The Morgan fingerprint density at radius 2 is 2.02 bits per heavy atom. The third-order valence-corrected chi connectivity index (χ3v) is 9.28. The van der Waals surface area contributed by atoms with Crippen molar-refractivity contribution in [2.45, 2.75) is 31.0 Å². The van der Waals surface area contributed by atoms with Gasteiger partial charge >= 0.3 is 18.0 Å². The number of amides is 2. The highest BCUT2D eigenvalue weighted by molar-refractivity contribution is 7.11. The number of aromatic nitrogens is 1. The van der Waals surface area contributed by atoms with Crippen LogP contribution in [0.1, 0.15) is 29.5 Å². The second-order valence-corrected chi connectivity index (χ2v) is 11.9. The Balaban J connectivity index is 1.26. The molecule has 14 heteroatoms. The molecule has 216 valence electrons. The van der Waals surface area contributed by atoms with Crippen molar-refractivity contribution in [1.82, 2.24) is 25.0 Å². The molecule has 11 nitrogen and oxygen atoms in total. The monoisotopic (exact) mass is 602 g/mol. The maximum Gasteiger partial charge on any atom is 0.338 e. The lowest BCUT2D eigenvalue weighted by Crippen LogP contribution is -2.53. The van der Waals surface area contributed by atoms with Crippen LogP contribution in [0.4, 0.5) is 9.18 Å². The van der Waals surface area contributed by atoms with E-state index >= 15 is 0 Å². The van der Waals surface area contributed by atoms with Crippen molar-refractivity contribution >= 4 is 46.7 Å². The molecule has 1 aromatic carbocycles. The topological polar surface area (TPSA) is 128 Å². The predicted octanol–water partition coefficient (Wildman–Crippen LogP) is 2.74. The number of hydrogen-bond donors (Lipinski definition) is 2. The molecule has 2 saturated heterocycles. The minimum atomic E-state index is -0.851. The molecule has 2 N–H and O–H groups in total. The maximum atomic E-state index is 13.9. The highest BCUT2D eigenvalue weighted by atomic mass is 35.5. The summed E-state index contributed by atoms with van der Waals surface area (Å²) in [5.41, 5.74) is 1.30. The number of carboxylic acids is 1. The molecule has 2 amide bonds. The van der Waals surface area contributed by atoms with Gasteiger partial charge in [-0.05, 0) is 25.0 Å². The highest BCUT2D eigenvalue weighted by Crippen LogP contribution is 2.38. The number of rotatable bonds is 7. The number of urea groups is 1. The molecule has 41 heavy (non-hydrogen) atoms. The number of carbonyl (C=O) groups excluding carboxylic acids is 2. The molecular formula is C27H28ClFN6O5S. The van der Waals surface area contributed by atoms with Crippen molar-refractivity contribution in [2.24, 2.45) is 10.9 Å². The zero-order chi connectivity index (χ0) is 28.8. The lowest BCUT2D eigenvalue weighted by molar-refractivity contribution is -0.146. The summed E-state index contributed by atoms with van der Waals surface area (Å²) in [6.07, 6.45) is 2.62. The van der Waals surface area contributed by atoms with Gasteiger partial charge in [-0.15, -0.1) is 11.3 Å². The lowest BCUT2D eigenvalue weighted by Gasteiger charge is -2.38. The Bertz CT molecular complexity index is 1450. The van der Waals surface area contributed by atoms with Crippen molar-refractivity contribution in [3.05, 3.63) is 62.5 Å². The maximum absolute atomic E-state index is 13.9. The molecule has 6 rings (SSSR count). The van der Waals surface area contributed by atoms with Crippen LogP contribution in [0.5, 0.6) is 0 Å². The van der Waals surface area contributed by atoms with E-state index in [0.29, 0.717) is 67.7 Å². The summed E-state index contributed by atoms with van der Waals surface area (Å²) in [4.78, 5) is 52.5. The van der Waals surface area contributed by atoms with Gasteiger partial charge in [0, 0.05) is 66.6 Å². The zero-order valence-corrected chi connectivity index (χ0v) is 23.7. The number of ether oxygens (including phenoxy) is 1. The van der Waals surface area contributed by atoms with Crippen molar-refractivity contribution in [3.8, 4) is 0 Å². The first kappa shape index (κ1) is 27.6. The Labute approximate surface area is 244 Å². The first-order valence-corrected chi connectivity index (χ1v) is 14.5. The summed E-state index contributed by atoms with van der Waals surface area (Å²) in [6.45, 7) is 2.53. The van der Waals surface area contributed by atoms with E-state index in [2.05, 4.69) is 15.2 Å². The van der Waals surface area contributed by atoms with Crippen LogP contribution in [0, 0.1) is 11.7 Å². The summed E-state index contributed by atoms with van der Waals surface area (Å²) in [6, 6.07) is 2.99. The quantitative estimate of drug-likeness (QED) is 0.463. The summed E-state index contributed by atoms with van der Waals surface area (Å²) < 4.78 is 19.1. The van der Waals surface area contributed by atoms with Gasteiger partial charge in [-0.2, -0.15) is 0 Å². The summed E-state index contributed by atoms with van der Waals surface area (Å²) in [5.74, 6) is -1.82. The molecule has 0 spiro atoms. The van der Waals surface area contributed by atoms with Gasteiger partial charge < -0.3 is 25.0 Å². The number of methoxy groups -OCH3 is 1. The van der Waals surface area contributed by atoms with Gasteiger partial charge in [0.1, 0.15) is 11.9 Å². The number of amidine groups is 1. The van der Waals surface area contributed by atoms with Crippen molar-refractivity contribution in [2.75, 3.05) is 39.8 Å². The minimum Gasteiger partial charge on any atom is -0.481 e. The van der Waals surface area contributed by atoms with E-state index in [-0.39, 0.29) is 34.6 Å². The van der Waals surface area contributed by atoms with E-state index in [1.807, 2.05) is 15.2 Å². The van der Waals surface area contributed by atoms with E-state index < -0.39 is 23.8 Å². The summed E-state index contributed by atoms with van der Waals surface area (Å²) >= 11 is 7.83. The Hall–Kier alpha value is -3.55. The van der Waals surface area contributed by atoms with Gasteiger partial charge in [0.25, 0.3) is 0 Å². The first-order chi connectivity index (χ1) is 19.7. The Morgan fingerprint density at radius 1 is 1.22 bits per heavy atom. The number of aliphatic imine (C=N–C) groups is 1. The number of piperazine rings is 1. The molecule has 4 heterocycles. The molecule has 3 aliphatic heterocycles. The van der Waals surface area contributed by atoms with E-state index in [1.54, 1.807) is 6.20 Å². The summed E-state index contributed by atoms with van der Waals surface area (Å²) in [5, 5.41) is 15.1. The van der Waals surface area contributed by atoms with Crippen LogP contribution in [0.3, 0.4) is 0 Å². The molecule has 3 fully saturated rings. The molecule has 2 atom stereocenters. The lowest BCUT2D eigenvalue weighted by atomic mass is 9.79. The van der Waals surface area contributed by atoms with Gasteiger partial charge in [0.05, 0.1) is 24.6 Å². The molecule has 0 bridgehead atoms. The molecule has 1 saturated carbocycles. The van der Waals surface area contributed by atoms with Gasteiger partial charge in [-0.1, -0.05) is 17.7 Å². The first-order valence-electron chi connectivity index (χ1n) is 13.3. The van der Waals surface area contributed by atoms with Crippen LogP contribution in [0.25, 0.3) is 0 Å². The van der Waals surface area contributed by atoms with Crippen LogP contribution in [0.2, 0.25) is 5.02 Å². The molecule has 4 aliphatic rings. The van der Waals surface area contributed by atoms with Crippen LogP contribution in [-0.2, 0) is 14.3 Å². The van der Waals surface area contributed by atoms with E-state index in [4.69, 9.17) is 21.3 Å². The van der Waals surface area contributed by atoms with Crippen molar-refractivity contribution < 1.29 is 28.6 Å². The van der Waals surface area contributed by atoms with E-state index in [9.17, 15) is 23.9 Å². The number of nitrogens with one attached hydrogen (secondary N) is 1. The average molecular weight is 603 g/mol. The summed E-state index contributed by atoms with van der Waals surface area (Å²) in [7, 11) is 1.29. The smallest absolute Gasteiger partial charge is 0.338 e. The SMILES string of the molecule is COC(=O)C1=C(CN2CCN3C(=O)N(C4CC(C(=O)O)C4)C[C@H]3C2)NC(c2nccs2)=N[C@H]1c1ccc(F)cc1Cl. The second kappa shape index (κ2) is 11.0. The predicted molar refractivity (Wildman–Crippen MR) is 148 cm³/mol. The third-order valence-electron chi connectivity index (χ3n) is 8.17. The van der Waals surface area contributed by atoms with E-state index in [1.165, 1.54) is 36.6 Å². The normalized spacial score (nSPS) is 26.3. The van der Waals surface area contributed by atoms with Crippen molar-refractivity contribution in [1.29, 1.82) is 0 Å². The minimum absolute atomic E-state index is 0.0436. The van der Waals surface area contributed by atoms with Crippen LogP contribution < -0.4 is 5.32 Å². The largest absolute Gasteiger partial charge is 0.481 e. The number of nitrogens with zero attached hydrogens (tertiary/aromatic N) is 5. The second-order valence-electron chi connectivity index (χ2n) is 10.6. The number of thiazole rings is 1. The van der Waals surface area contributed by atoms with E-state index in [0.717, 1.165) is 0 Å². The number of fused-ring (bicyclic) bond motifs is 1. The van der Waals surface area contributed by atoms with Crippen LogP contribution >= 0.6 is 22.9 Å². The fourth-order valence-corrected chi connectivity index (χ4v) is 6.84. The molecule has 2 aromatic rings. The van der Waals surface area contributed by atoms with Crippen LogP contribution in [-0.4, -0.2) is 101 Å². The Kier molecular flexibility index (Phi) is 7.43. The van der Waals surface area contributed by atoms with Gasteiger partial charge in [-0.25, -0.2) is 19.0 Å². The number of benzene rings is 1. The average Bonchev–Trinajstić information content (AvgIpc) is 3.56. The molecule has 1 aromatic heterocycles. The fraction of sp³-hybridized carbons (Fsp3) is 0.444.